The van der Waals surface area contributed by atoms with Gasteiger partial charge in [0.05, 0.1) is 16.3 Å². The number of nitrogens with one attached hydrogen (secondary N) is 3. The molecule has 0 atom stereocenters. The highest BCUT2D eigenvalue weighted by Crippen LogP contribution is 2.45. The number of amides is 2. The molecule has 1 aliphatic heterocycles. The van der Waals surface area contributed by atoms with E-state index >= 15 is 0 Å². The van der Waals surface area contributed by atoms with Gasteiger partial charge in [0, 0.05) is 29.1 Å². The Bertz CT molecular complexity index is 889. The van der Waals surface area contributed by atoms with E-state index in [1.165, 1.54) is 17.1 Å². The Morgan fingerprint density at radius 3 is 2.96 bits per heavy atom. The molecule has 2 aromatic carbocycles. The molecule has 0 bridgehead atoms. The number of fused-ring (bicyclic) bond motifs is 1. The molecule has 7 heteroatoms. The molecule has 0 spiro atoms. The standard InChI is InChI=1S/C18H18N4OS2/c23-18(19-10-12-4-5-14-11-20-22-16(14)8-12)21-15-3-1-2-13(9-15)17-24-6-7-25-17/h1-5,8-9,11,17H,6-7,10H2,(H,20,22)(H2,19,21,23). The summed E-state index contributed by atoms with van der Waals surface area (Å²) in [7, 11) is 0. The maximum absolute atomic E-state index is 12.2. The second kappa shape index (κ2) is 7.41. The molecular weight excluding hydrogens is 352 g/mol. The van der Waals surface area contributed by atoms with Gasteiger partial charge < -0.3 is 10.6 Å². The molecule has 25 heavy (non-hydrogen) atoms. The van der Waals surface area contributed by atoms with Crippen LogP contribution in [0.5, 0.6) is 0 Å². The first-order valence-electron chi connectivity index (χ1n) is 8.08. The van der Waals surface area contributed by atoms with E-state index in [9.17, 15) is 4.79 Å². The van der Waals surface area contributed by atoms with Crippen molar-refractivity contribution in [3.63, 3.8) is 0 Å². The van der Waals surface area contributed by atoms with Crippen LogP contribution in [-0.2, 0) is 6.54 Å². The molecule has 4 rings (SSSR count). The summed E-state index contributed by atoms with van der Waals surface area (Å²) in [4.78, 5) is 12.2. The second-order valence-corrected chi connectivity index (χ2v) is 8.52. The molecule has 2 heterocycles. The summed E-state index contributed by atoms with van der Waals surface area (Å²) in [5.74, 6) is 2.38. The highest BCUT2D eigenvalue weighted by molar-refractivity contribution is 8.19. The van der Waals surface area contributed by atoms with Crippen molar-refractivity contribution in [3.05, 3.63) is 59.8 Å². The Morgan fingerprint density at radius 1 is 1.20 bits per heavy atom. The normalized spacial score (nSPS) is 14.7. The lowest BCUT2D eigenvalue weighted by Gasteiger charge is -2.12. The lowest BCUT2D eigenvalue weighted by molar-refractivity contribution is 0.251. The smallest absolute Gasteiger partial charge is 0.319 e. The number of aromatic amines is 1. The first-order chi connectivity index (χ1) is 12.3. The van der Waals surface area contributed by atoms with Crippen LogP contribution in [0.3, 0.4) is 0 Å². The van der Waals surface area contributed by atoms with E-state index in [0.29, 0.717) is 11.1 Å². The number of hydrogen-bond donors (Lipinski definition) is 3. The third kappa shape index (κ3) is 3.93. The van der Waals surface area contributed by atoms with Gasteiger partial charge in [-0.05, 0) is 29.3 Å². The second-order valence-electron chi connectivity index (χ2n) is 5.80. The van der Waals surface area contributed by atoms with Crippen LogP contribution in [0.4, 0.5) is 10.5 Å². The molecule has 1 saturated heterocycles. The van der Waals surface area contributed by atoms with Crippen molar-refractivity contribution >= 4 is 46.1 Å². The fourth-order valence-electron chi connectivity index (χ4n) is 2.77. The molecule has 0 saturated carbocycles. The van der Waals surface area contributed by atoms with Gasteiger partial charge in [-0.1, -0.05) is 24.3 Å². The Balaban J connectivity index is 1.36. The van der Waals surface area contributed by atoms with Crippen LogP contribution < -0.4 is 10.6 Å². The summed E-state index contributed by atoms with van der Waals surface area (Å²) < 4.78 is 0.478. The summed E-state index contributed by atoms with van der Waals surface area (Å²) in [5, 5.41) is 13.8. The number of aromatic nitrogens is 2. The fraction of sp³-hybridized carbons (Fsp3) is 0.222. The van der Waals surface area contributed by atoms with Crippen molar-refractivity contribution in [1.82, 2.24) is 15.5 Å². The molecule has 0 aliphatic carbocycles. The predicted octanol–water partition coefficient (Wildman–Crippen LogP) is 4.36. The minimum absolute atomic E-state index is 0.200. The third-order valence-corrected chi connectivity index (χ3v) is 7.10. The molecule has 1 fully saturated rings. The molecule has 128 valence electrons. The molecule has 2 amide bonds. The van der Waals surface area contributed by atoms with Crippen molar-refractivity contribution in [3.8, 4) is 0 Å². The summed E-state index contributed by atoms with van der Waals surface area (Å²) in [5.41, 5.74) is 4.08. The minimum Gasteiger partial charge on any atom is -0.334 e. The van der Waals surface area contributed by atoms with Crippen molar-refractivity contribution < 1.29 is 4.79 Å². The van der Waals surface area contributed by atoms with Crippen molar-refractivity contribution in [2.75, 3.05) is 16.8 Å². The summed E-state index contributed by atoms with van der Waals surface area (Å²) in [6.45, 7) is 0.467. The van der Waals surface area contributed by atoms with Crippen LogP contribution in [0.2, 0.25) is 0 Å². The summed E-state index contributed by atoms with van der Waals surface area (Å²) >= 11 is 3.92. The van der Waals surface area contributed by atoms with Crippen LogP contribution in [0.1, 0.15) is 15.7 Å². The van der Waals surface area contributed by atoms with Gasteiger partial charge in [0.15, 0.2) is 0 Å². The quantitative estimate of drug-likeness (QED) is 0.638. The summed E-state index contributed by atoms with van der Waals surface area (Å²) in [6, 6.07) is 13.9. The van der Waals surface area contributed by atoms with Gasteiger partial charge >= 0.3 is 6.03 Å². The molecule has 1 aliphatic rings. The van der Waals surface area contributed by atoms with Crippen molar-refractivity contribution in [2.45, 2.75) is 11.1 Å². The van der Waals surface area contributed by atoms with Crippen molar-refractivity contribution in [1.29, 1.82) is 0 Å². The number of urea groups is 1. The number of hydrogen-bond acceptors (Lipinski definition) is 4. The number of rotatable bonds is 4. The average molecular weight is 371 g/mol. The number of thioether (sulfide) groups is 2. The van der Waals surface area contributed by atoms with E-state index in [0.717, 1.165) is 22.2 Å². The van der Waals surface area contributed by atoms with Gasteiger partial charge in [-0.15, -0.1) is 23.5 Å². The number of anilines is 1. The first kappa shape index (κ1) is 16.4. The van der Waals surface area contributed by atoms with Gasteiger partial charge in [-0.3, -0.25) is 5.10 Å². The van der Waals surface area contributed by atoms with E-state index in [4.69, 9.17) is 0 Å². The molecule has 3 N–H and O–H groups in total. The summed E-state index contributed by atoms with van der Waals surface area (Å²) in [6.07, 6.45) is 1.78. The number of carbonyl (C=O) groups is 1. The van der Waals surface area contributed by atoms with Crippen LogP contribution in [0, 0.1) is 0 Å². The van der Waals surface area contributed by atoms with Gasteiger partial charge in [0.1, 0.15) is 0 Å². The largest absolute Gasteiger partial charge is 0.334 e. The Labute approximate surface area is 154 Å². The van der Waals surface area contributed by atoms with Gasteiger partial charge in [-0.25, -0.2) is 4.79 Å². The van der Waals surface area contributed by atoms with Crippen LogP contribution >= 0.6 is 23.5 Å². The van der Waals surface area contributed by atoms with E-state index in [2.05, 4.69) is 33.0 Å². The number of nitrogens with zero attached hydrogens (tertiary/aromatic N) is 1. The number of H-pyrrole nitrogens is 1. The van der Waals surface area contributed by atoms with Crippen LogP contribution in [0.15, 0.2) is 48.7 Å². The number of carbonyl (C=O) groups excluding carboxylic acids is 1. The molecular formula is C18H18N4OS2. The SMILES string of the molecule is O=C(NCc1ccc2cn[nH]c2c1)Nc1cccc(C2SCCS2)c1. The van der Waals surface area contributed by atoms with E-state index in [1.54, 1.807) is 6.20 Å². The van der Waals surface area contributed by atoms with Crippen molar-refractivity contribution in [2.24, 2.45) is 0 Å². The molecule has 1 aromatic heterocycles. The maximum atomic E-state index is 12.2. The lowest BCUT2D eigenvalue weighted by Crippen LogP contribution is -2.28. The van der Waals surface area contributed by atoms with Gasteiger partial charge in [-0.2, -0.15) is 5.10 Å². The maximum Gasteiger partial charge on any atom is 0.319 e. The fourth-order valence-corrected chi connectivity index (χ4v) is 5.60. The lowest BCUT2D eigenvalue weighted by atomic mass is 10.2. The highest BCUT2D eigenvalue weighted by atomic mass is 32.2. The highest BCUT2D eigenvalue weighted by Gasteiger charge is 2.18. The molecule has 0 radical (unpaired) electrons. The Kier molecular flexibility index (Phi) is 4.85. The number of benzene rings is 2. The zero-order chi connectivity index (χ0) is 17.1. The zero-order valence-electron chi connectivity index (χ0n) is 13.5. The monoisotopic (exact) mass is 370 g/mol. The van der Waals surface area contributed by atoms with E-state index in [-0.39, 0.29) is 6.03 Å². The predicted molar refractivity (Wildman–Crippen MR) is 106 cm³/mol. The average Bonchev–Trinajstić information content (AvgIpc) is 3.31. The van der Waals surface area contributed by atoms with Gasteiger partial charge in [0.25, 0.3) is 0 Å². The van der Waals surface area contributed by atoms with E-state index in [1.807, 2.05) is 53.9 Å². The Morgan fingerprint density at radius 2 is 2.08 bits per heavy atom. The molecule has 5 nitrogen and oxygen atoms in total. The topological polar surface area (TPSA) is 69.8 Å². The zero-order valence-corrected chi connectivity index (χ0v) is 15.1. The van der Waals surface area contributed by atoms with Crippen LogP contribution in [-0.4, -0.2) is 27.7 Å². The van der Waals surface area contributed by atoms with Crippen LogP contribution in [0.25, 0.3) is 10.9 Å². The Hall–Kier alpha value is -2.12. The molecule has 3 aromatic rings. The third-order valence-electron chi connectivity index (χ3n) is 4.00. The minimum atomic E-state index is -0.200. The van der Waals surface area contributed by atoms with E-state index < -0.39 is 0 Å². The van der Waals surface area contributed by atoms with Gasteiger partial charge in [0.2, 0.25) is 0 Å². The molecule has 0 unspecified atom stereocenters. The first-order valence-corrected chi connectivity index (χ1v) is 10.2.